The van der Waals surface area contributed by atoms with Crippen molar-refractivity contribution in [2.24, 2.45) is 5.92 Å². The summed E-state index contributed by atoms with van der Waals surface area (Å²) in [5.41, 5.74) is 3.58. The Morgan fingerprint density at radius 2 is 2.18 bits per heavy atom. The molecule has 2 aromatic heterocycles. The molecule has 0 bridgehead atoms. The number of aromatic nitrogens is 2. The van der Waals surface area contributed by atoms with Crippen LogP contribution in [0.4, 0.5) is 0 Å². The van der Waals surface area contributed by atoms with Gasteiger partial charge in [-0.05, 0) is 57.3 Å². The third-order valence-corrected chi connectivity index (χ3v) is 3.70. The van der Waals surface area contributed by atoms with E-state index < -0.39 is 0 Å². The molecule has 0 saturated carbocycles. The smallest absolute Gasteiger partial charge is 0.137 e. The van der Waals surface area contributed by atoms with Crippen molar-refractivity contribution in [3.63, 3.8) is 0 Å². The summed E-state index contributed by atoms with van der Waals surface area (Å²) >= 11 is 0. The summed E-state index contributed by atoms with van der Waals surface area (Å²) in [6.45, 7) is 4.46. The van der Waals surface area contributed by atoms with E-state index in [0.29, 0.717) is 0 Å². The van der Waals surface area contributed by atoms with E-state index in [4.69, 9.17) is 4.98 Å². The number of hydrogen-bond acceptors (Lipinski definition) is 2. The van der Waals surface area contributed by atoms with Crippen LogP contribution in [0.25, 0.3) is 5.65 Å². The lowest BCUT2D eigenvalue weighted by molar-refractivity contribution is 0.370. The van der Waals surface area contributed by atoms with Crippen molar-refractivity contribution in [3.8, 4) is 0 Å². The quantitative estimate of drug-likeness (QED) is 0.855. The molecule has 1 fully saturated rings. The van der Waals surface area contributed by atoms with Gasteiger partial charge in [0.1, 0.15) is 5.65 Å². The molecule has 3 heteroatoms. The summed E-state index contributed by atoms with van der Waals surface area (Å²) in [4.78, 5) is 4.71. The van der Waals surface area contributed by atoms with Crippen LogP contribution in [-0.2, 0) is 6.42 Å². The maximum absolute atomic E-state index is 4.71. The van der Waals surface area contributed by atoms with Crippen LogP contribution in [0.15, 0.2) is 24.4 Å². The van der Waals surface area contributed by atoms with Crippen molar-refractivity contribution >= 4 is 5.65 Å². The lowest BCUT2D eigenvalue weighted by atomic mass is 9.93. The molecule has 0 amide bonds. The van der Waals surface area contributed by atoms with Gasteiger partial charge in [0.05, 0.1) is 5.69 Å². The molecule has 1 aliphatic rings. The van der Waals surface area contributed by atoms with Crippen molar-refractivity contribution in [1.29, 1.82) is 0 Å². The van der Waals surface area contributed by atoms with Gasteiger partial charge in [0.15, 0.2) is 0 Å². The normalized spacial score (nSPS) is 17.7. The summed E-state index contributed by atoms with van der Waals surface area (Å²) in [5.74, 6) is 0.807. The Bertz CT molecular complexity index is 509. The van der Waals surface area contributed by atoms with E-state index in [1.54, 1.807) is 0 Å². The van der Waals surface area contributed by atoms with Crippen LogP contribution in [0.5, 0.6) is 0 Å². The number of aryl methyl sites for hydroxylation is 1. The van der Waals surface area contributed by atoms with Gasteiger partial charge in [-0.3, -0.25) is 0 Å². The first kappa shape index (κ1) is 10.8. The Kier molecular flexibility index (Phi) is 2.85. The predicted molar refractivity (Wildman–Crippen MR) is 69.2 cm³/mol. The van der Waals surface area contributed by atoms with E-state index in [-0.39, 0.29) is 0 Å². The van der Waals surface area contributed by atoms with E-state index in [2.05, 4.69) is 41.0 Å². The second kappa shape index (κ2) is 4.49. The molecule has 1 N–H and O–H groups in total. The van der Waals surface area contributed by atoms with Gasteiger partial charge in [-0.15, -0.1) is 0 Å². The summed E-state index contributed by atoms with van der Waals surface area (Å²) in [6, 6.07) is 6.29. The minimum Gasteiger partial charge on any atom is -0.317 e. The average Bonchev–Trinajstić information content (AvgIpc) is 2.74. The highest BCUT2D eigenvalue weighted by Gasteiger charge is 2.15. The lowest BCUT2D eigenvalue weighted by Crippen LogP contribution is -2.28. The fourth-order valence-corrected chi connectivity index (χ4v) is 2.68. The van der Waals surface area contributed by atoms with Gasteiger partial charge < -0.3 is 9.72 Å². The Labute approximate surface area is 102 Å². The molecule has 1 saturated heterocycles. The molecule has 17 heavy (non-hydrogen) atoms. The Morgan fingerprint density at radius 1 is 1.35 bits per heavy atom. The van der Waals surface area contributed by atoms with Crippen LogP contribution < -0.4 is 5.32 Å². The first-order valence-corrected chi connectivity index (χ1v) is 6.47. The van der Waals surface area contributed by atoms with E-state index in [1.807, 2.05) is 0 Å². The molecule has 2 aromatic rings. The fourth-order valence-electron chi connectivity index (χ4n) is 2.68. The number of fused-ring (bicyclic) bond motifs is 1. The topological polar surface area (TPSA) is 29.3 Å². The number of nitrogens with one attached hydrogen (secondary N) is 1. The van der Waals surface area contributed by atoms with Crippen molar-refractivity contribution in [1.82, 2.24) is 14.7 Å². The highest BCUT2D eigenvalue weighted by Crippen LogP contribution is 2.18. The fraction of sp³-hybridized carbons (Fsp3) is 0.500. The third-order valence-electron chi connectivity index (χ3n) is 3.70. The van der Waals surface area contributed by atoms with Crippen molar-refractivity contribution in [3.05, 3.63) is 35.8 Å². The molecule has 3 rings (SSSR count). The molecule has 0 aromatic carbocycles. The van der Waals surface area contributed by atoms with Crippen molar-refractivity contribution in [2.45, 2.75) is 26.2 Å². The van der Waals surface area contributed by atoms with Crippen LogP contribution in [0.3, 0.4) is 0 Å². The number of imidazole rings is 1. The number of hydrogen-bond donors (Lipinski definition) is 1. The van der Waals surface area contributed by atoms with Gasteiger partial charge in [-0.2, -0.15) is 0 Å². The van der Waals surface area contributed by atoms with E-state index in [9.17, 15) is 0 Å². The summed E-state index contributed by atoms with van der Waals surface area (Å²) < 4.78 is 2.19. The maximum Gasteiger partial charge on any atom is 0.137 e. The van der Waals surface area contributed by atoms with Crippen LogP contribution in [0.1, 0.15) is 24.2 Å². The molecule has 1 aliphatic heterocycles. The van der Waals surface area contributed by atoms with E-state index in [1.165, 1.54) is 24.2 Å². The number of nitrogens with zero attached hydrogens (tertiary/aromatic N) is 2. The monoisotopic (exact) mass is 229 g/mol. The summed E-state index contributed by atoms with van der Waals surface area (Å²) in [6.07, 6.45) is 5.90. The number of piperidine rings is 1. The minimum absolute atomic E-state index is 0.807. The molecule has 3 heterocycles. The van der Waals surface area contributed by atoms with Gasteiger partial charge in [-0.25, -0.2) is 4.98 Å². The van der Waals surface area contributed by atoms with Crippen LogP contribution >= 0.6 is 0 Å². The Hall–Kier alpha value is -1.35. The molecular weight excluding hydrogens is 210 g/mol. The van der Waals surface area contributed by atoms with Gasteiger partial charge in [0.2, 0.25) is 0 Å². The molecule has 3 nitrogen and oxygen atoms in total. The second-order valence-corrected chi connectivity index (χ2v) is 5.03. The molecule has 0 aliphatic carbocycles. The highest BCUT2D eigenvalue weighted by molar-refractivity contribution is 5.41. The summed E-state index contributed by atoms with van der Waals surface area (Å²) in [7, 11) is 0. The lowest BCUT2D eigenvalue weighted by Gasteiger charge is -2.21. The van der Waals surface area contributed by atoms with E-state index in [0.717, 1.165) is 31.1 Å². The van der Waals surface area contributed by atoms with E-state index >= 15 is 0 Å². The van der Waals surface area contributed by atoms with Gasteiger partial charge in [0, 0.05) is 11.9 Å². The Morgan fingerprint density at radius 3 is 2.94 bits per heavy atom. The third kappa shape index (κ3) is 2.20. The SMILES string of the molecule is Cc1cccc2nc(CC3CCNCC3)cn12. The predicted octanol–water partition coefficient (Wildman–Crippen LogP) is 2.18. The second-order valence-electron chi connectivity index (χ2n) is 5.03. The standard InChI is InChI=1S/C14H19N3/c1-11-3-2-4-14-16-13(10-17(11)14)9-12-5-7-15-8-6-12/h2-4,10,12,15H,5-9H2,1H3. The van der Waals surface area contributed by atoms with Crippen LogP contribution in [0, 0.1) is 12.8 Å². The van der Waals surface area contributed by atoms with Gasteiger partial charge in [-0.1, -0.05) is 6.07 Å². The van der Waals surface area contributed by atoms with Gasteiger partial charge in [0.25, 0.3) is 0 Å². The molecule has 0 unspecified atom stereocenters. The Balaban J connectivity index is 1.83. The average molecular weight is 229 g/mol. The number of rotatable bonds is 2. The highest BCUT2D eigenvalue weighted by atomic mass is 15.0. The summed E-state index contributed by atoms with van der Waals surface area (Å²) in [5, 5.41) is 3.41. The van der Waals surface area contributed by atoms with Crippen LogP contribution in [0.2, 0.25) is 0 Å². The van der Waals surface area contributed by atoms with Crippen molar-refractivity contribution < 1.29 is 0 Å². The van der Waals surface area contributed by atoms with Crippen LogP contribution in [-0.4, -0.2) is 22.5 Å². The number of pyridine rings is 1. The molecule has 0 atom stereocenters. The molecule has 0 radical (unpaired) electrons. The van der Waals surface area contributed by atoms with Crippen molar-refractivity contribution in [2.75, 3.05) is 13.1 Å². The molecule has 0 spiro atoms. The largest absolute Gasteiger partial charge is 0.317 e. The molecule has 90 valence electrons. The maximum atomic E-state index is 4.71. The zero-order valence-corrected chi connectivity index (χ0v) is 10.3. The molecular formula is C14H19N3. The minimum atomic E-state index is 0.807. The zero-order chi connectivity index (χ0) is 11.7. The first-order chi connectivity index (χ1) is 8.33. The first-order valence-electron chi connectivity index (χ1n) is 6.47. The van der Waals surface area contributed by atoms with Gasteiger partial charge >= 0.3 is 0 Å². The zero-order valence-electron chi connectivity index (χ0n) is 10.3.